The monoisotopic (exact) mass is 326 g/mol. The molecule has 1 amide bonds. The molecule has 0 aromatic heterocycles. The van der Waals surface area contributed by atoms with Gasteiger partial charge in [-0.3, -0.25) is 9.59 Å². The lowest BCUT2D eigenvalue weighted by molar-refractivity contribution is -0.134. The summed E-state index contributed by atoms with van der Waals surface area (Å²) in [5.74, 6) is -1.74. The third-order valence-electron chi connectivity index (χ3n) is 3.37. The average Bonchev–Trinajstić information content (AvgIpc) is 2.73. The van der Waals surface area contributed by atoms with Gasteiger partial charge < -0.3 is 9.84 Å². The largest absolute Gasteiger partial charge is 0.481 e. The predicted octanol–water partition coefficient (Wildman–Crippen LogP) is 1.91. The first-order valence-corrected chi connectivity index (χ1v) is 8.25. The molecule has 3 aliphatic rings. The Bertz CT molecular complexity index is 622. The van der Waals surface area contributed by atoms with Crippen LogP contribution in [0.2, 0.25) is 0 Å². The van der Waals surface area contributed by atoms with E-state index in [0.717, 1.165) is 22.2 Å². The number of ether oxygens (including phenoxy) is 1. The molecule has 21 heavy (non-hydrogen) atoms. The van der Waals surface area contributed by atoms with Gasteiger partial charge in [-0.05, 0) is 25.8 Å². The highest BCUT2D eigenvalue weighted by Crippen LogP contribution is 2.47. The maximum absolute atomic E-state index is 12.3. The summed E-state index contributed by atoms with van der Waals surface area (Å²) in [6.45, 7) is 4.50. The highest BCUT2D eigenvalue weighted by Gasteiger charge is 2.44. The van der Waals surface area contributed by atoms with Crippen molar-refractivity contribution in [3.8, 4) is 0 Å². The standard InChI is InChI=1S/C13H14N2O4S2/c1-13(2)3-6-7(4-19-13)21-11-9(6)10(18)14-12(15-11)20-5-8(16)17/h9H,3-5H2,1-2H3,(H,16,17). The molecule has 1 atom stereocenters. The highest BCUT2D eigenvalue weighted by molar-refractivity contribution is 8.18. The van der Waals surface area contributed by atoms with Crippen LogP contribution >= 0.6 is 23.5 Å². The highest BCUT2D eigenvalue weighted by atomic mass is 32.2. The Kier molecular flexibility index (Phi) is 3.71. The second-order valence-electron chi connectivity index (χ2n) is 5.57. The van der Waals surface area contributed by atoms with Crippen molar-refractivity contribution in [3.63, 3.8) is 0 Å². The van der Waals surface area contributed by atoms with Crippen LogP contribution < -0.4 is 0 Å². The Morgan fingerprint density at radius 2 is 2.29 bits per heavy atom. The average molecular weight is 326 g/mol. The van der Waals surface area contributed by atoms with Crippen molar-refractivity contribution in [3.05, 3.63) is 10.5 Å². The second kappa shape index (κ2) is 5.26. The minimum absolute atomic E-state index is 0.151. The van der Waals surface area contributed by atoms with Gasteiger partial charge in [-0.15, -0.1) is 0 Å². The van der Waals surface area contributed by atoms with Gasteiger partial charge in [0.05, 0.1) is 23.0 Å². The third kappa shape index (κ3) is 2.93. The molecule has 8 heteroatoms. The zero-order valence-corrected chi connectivity index (χ0v) is 13.2. The van der Waals surface area contributed by atoms with Gasteiger partial charge in [0.15, 0.2) is 5.17 Å². The second-order valence-corrected chi connectivity index (χ2v) is 7.63. The molecule has 0 bridgehead atoms. The number of thioether (sulfide) groups is 2. The quantitative estimate of drug-likeness (QED) is 0.834. The van der Waals surface area contributed by atoms with Crippen LogP contribution in [0.4, 0.5) is 0 Å². The Morgan fingerprint density at radius 1 is 1.52 bits per heavy atom. The Hall–Kier alpha value is -1.12. The van der Waals surface area contributed by atoms with E-state index in [0.29, 0.717) is 18.1 Å². The topological polar surface area (TPSA) is 88.3 Å². The molecule has 0 radical (unpaired) electrons. The lowest BCUT2D eigenvalue weighted by Gasteiger charge is -2.32. The molecular weight excluding hydrogens is 312 g/mol. The maximum atomic E-state index is 12.3. The molecule has 112 valence electrons. The van der Waals surface area contributed by atoms with Crippen LogP contribution in [-0.2, 0) is 14.3 Å². The zero-order chi connectivity index (χ0) is 15.2. The summed E-state index contributed by atoms with van der Waals surface area (Å²) in [5, 5.41) is 9.62. The van der Waals surface area contributed by atoms with Crippen LogP contribution in [0.15, 0.2) is 20.5 Å². The zero-order valence-electron chi connectivity index (χ0n) is 11.6. The number of fused-ring (bicyclic) bond motifs is 2. The van der Waals surface area contributed by atoms with Crippen LogP contribution in [-0.4, -0.2) is 45.2 Å². The van der Waals surface area contributed by atoms with Gasteiger partial charge in [0.2, 0.25) is 0 Å². The summed E-state index contributed by atoms with van der Waals surface area (Å²) in [6.07, 6.45) is 0.692. The first-order chi connectivity index (χ1) is 9.85. The summed E-state index contributed by atoms with van der Waals surface area (Å²) in [4.78, 5) is 32.2. The van der Waals surface area contributed by atoms with Crippen molar-refractivity contribution in [2.75, 3.05) is 12.4 Å². The fourth-order valence-corrected chi connectivity index (χ4v) is 4.28. The van der Waals surface area contributed by atoms with E-state index < -0.39 is 5.97 Å². The number of aliphatic imine (C=N–C) groups is 2. The van der Waals surface area contributed by atoms with Crippen LogP contribution in [0.1, 0.15) is 20.3 Å². The van der Waals surface area contributed by atoms with Gasteiger partial charge in [0.25, 0.3) is 5.91 Å². The molecule has 0 fully saturated rings. The SMILES string of the molecule is CC1(C)CC2=C(CO1)SC1=NC(SCC(=O)O)=NC(=O)C12. The van der Waals surface area contributed by atoms with E-state index in [9.17, 15) is 9.59 Å². The molecule has 3 rings (SSSR count). The molecule has 0 saturated heterocycles. The minimum Gasteiger partial charge on any atom is -0.481 e. The molecular formula is C13H14N2O4S2. The van der Waals surface area contributed by atoms with Crippen molar-refractivity contribution in [1.82, 2.24) is 0 Å². The van der Waals surface area contributed by atoms with E-state index in [-0.39, 0.29) is 28.3 Å². The molecule has 3 aliphatic heterocycles. The lowest BCUT2D eigenvalue weighted by atomic mass is 9.87. The van der Waals surface area contributed by atoms with Gasteiger partial charge in [-0.25, -0.2) is 4.99 Å². The first-order valence-electron chi connectivity index (χ1n) is 6.45. The number of carboxylic acids is 1. The Labute approximate surface area is 130 Å². The van der Waals surface area contributed by atoms with Crippen LogP contribution in [0.5, 0.6) is 0 Å². The summed E-state index contributed by atoms with van der Waals surface area (Å²) in [7, 11) is 0. The smallest absolute Gasteiger partial charge is 0.313 e. The normalized spacial score (nSPS) is 27.0. The molecule has 3 heterocycles. The number of hydrogen-bond donors (Lipinski definition) is 1. The summed E-state index contributed by atoms with van der Waals surface area (Å²) in [5.41, 5.74) is 0.781. The maximum Gasteiger partial charge on any atom is 0.313 e. The number of amides is 1. The molecule has 0 aromatic carbocycles. The van der Waals surface area contributed by atoms with Crippen molar-refractivity contribution in [2.24, 2.45) is 15.9 Å². The van der Waals surface area contributed by atoms with Gasteiger partial charge in [0, 0.05) is 4.91 Å². The van der Waals surface area contributed by atoms with E-state index in [1.54, 1.807) is 0 Å². The van der Waals surface area contributed by atoms with Crippen molar-refractivity contribution in [1.29, 1.82) is 0 Å². The van der Waals surface area contributed by atoms with E-state index in [2.05, 4.69) is 9.98 Å². The predicted molar refractivity (Wildman–Crippen MR) is 82.7 cm³/mol. The van der Waals surface area contributed by atoms with Crippen molar-refractivity contribution < 1.29 is 19.4 Å². The molecule has 1 N–H and O–H groups in total. The Morgan fingerprint density at radius 3 is 3.00 bits per heavy atom. The number of carbonyl (C=O) groups excluding carboxylic acids is 1. The molecule has 0 aliphatic carbocycles. The number of hydrogen-bond acceptors (Lipinski definition) is 6. The van der Waals surface area contributed by atoms with Crippen LogP contribution in [0.3, 0.4) is 0 Å². The number of nitrogens with zero attached hydrogens (tertiary/aromatic N) is 2. The van der Waals surface area contributed by atoms with Gasteiger partial charge in [-0.1, -0.05) is 23.5 Å². The summed E-state index contributed by atoms with van der Waals surface area (Å²) < 4.78 is 5.76. The molecule has 0 saturated carbocycles. The fraction of sp³-hybridized carbons (Fsp3) is 0.538. The van der Waals surface area contributed by atoms with Gasteiger partial charge in [0.1, 0.15) is 5.92 Å². The fourth-order valence-electron chi connectivity index (χ4n) is 2.47. The number of rotatable bonds is 2. The number of aliphatic carboxylic acids is 1. The van der Waals surface area contributed by atoms with Crippen LogP contribution in [0, 0.1) is 5.92 Å². The number of amidine groups is 1. The van der Waals surface area contributed by atoms with E-state index >= 15 is 0 Å². The van der Waals surface area contributed by atoms with Crippen molar-refractivity contribution >= 4 is 45.6 Å². The molecule has 6 nitrogen and oxygen atoms in total. The molecule has 0 aromatic rings. The van der Waals surface area contributed by atoms with E-state index in [1.807, 2.05) is 13.8 Å². The summed E-state index contributed by atoms with van der Waals surface area (Å²) >= 11 is 2.43. The third-order valence-corrected chi connectivity index (χ3v) is 5.37. The van der Waals surface area contributed by atoms with E-state index in [1.165, 1.54) is 11.8 Å². The number of carboxylic acid groups (broad SMARTS) is 1. The van der Waals surface area contributed by atoms with E-state index in [4.69, 9.17) is 9.84 Å². The van der Waals surface area contributed by atoms with Crippen LogP contribution in [0.25, 0.3) is 0 Å². The number of carbonyl (C=O) groups is 2. The van der Waals surface area contributed by atoms with Gasteiger partial charge in [-0.2, -0.15) is 4.99 Å². The minimum atomic E-state index is -0.955. The van der Waals surface area contributed by atoms with Crippen molar-refractivity contribution in [2.45, 2.75) is 25.9 Å². The molecule has 0 spiro atoms. The lowest BCUT2D eigenvalue weighted by Crippen LogP contribution is -2.33. The first kappa shape index (κ1) is 14.8. The molecule has 1 unspecified atom stereocenters. The van der Waals surface area contributed by atoms with Gasteiger partial charge >= 0.3 is 5.97 Å². The summed E-state index contributed by atoms with van der Waals surface area (Å²) in [6, 6.07) is 0. The Balaban J connectivity index is 1.82.